The van der Waals surface area contributed by atoms with Crippen molar-refractivity contribution in [1.29, 1.82) is 0 Å². The van der Waals surface area contributed by atoms with Crippen LogP contribution in [0.15, 0.2) is 72.9 Å². The van der Waals surface area contributed by atoms with E-state index in [0.29, 0.717) is 5.56 Å². The number of carbonyl (C=O) groups excluding carboxylic acids is 1. The molecule has 36 heavy (non-hydrogen) atoms. The third-order valence-corrected chi connectivity index (χ3v) is 5.51. The molecule has 0 spiro atoms. The fourth-order valence-corrected chi connectivity index (χ4v) is 3.79. The molecule has 1 amide bonds. The molecule has 4 rings (SSSR count). The van der Waals surface area contributed by atoms with Crippen LogP contribution in [0, 0.1) is 0 Å². The van der Waals surface area contributed by atoms with Crippen LogP contribution in [-0.2, 0) is 17.4 Å². The number of halogens is 5. The van der Waals surface area contributed by atoms with E-state index < -0.39 is 36.1 Å². The standard InChI is InChI=1S/C25H18F5N3O3/c26-21(27)15-10-8-14(9-11-15)13-18(24(35)36)31-23(34)22-32-20(19-7-3-4-12-33(19)22)16-5-1-2-6-17(16)25(28,29)30/h1-12,18,21H,13H2,(H,31,34)(H,35,36). The van der Waals surface area contributed by atoms with Gasteiger partial charge in [-0.05, 0) is 23.8 Å². The van der Waals surface area contributed by atoms with E-state index in [1.165, 1.54) is 47.0 Å². The Labute approximate surface area is 201 Å². The first-order valence-electron chi connectivity index (χ1n) is 10.6. The Balaban J connectivity index is 1.68. The summed E-state index contributed by atoms with van der Waals surface area (Å²) in [5, 5.41) is 11.9. The Bertz CT molecular complexity index is 1410. The zero-order valence-electron chi connectivity index (χ0n) is 18.3. The van der Waals surface area contributed by atoms with Crippen molar-refractivity contribution >= 4 is 17.4 Å². The Morgan fingerprint density at radius 1 is 0.972 bits per heavy atom. The molecule has 0 saturated heterocycles. The summed E-state index contributed by atoms with van der Waals surface area (Å²) in [7, 11) is 0. The number of nitrogens with one attached hydrogen (secondary N) is 1. The van der Waals surface area contributed by atoms with Crippen LogP contribution in [-0.4, -0.2) is 32.4 Å². The summed E-state index contributed by atoms with van der Waals surface area (Å²) in [6, 6.07) is 12.9. The van der Waals surface area contributed by atoms with Crippen LogP contribution in [0.4, 0.5) is 22.0 Å². The molecule has 0 saturated carbocycles. The van der Waals surface area contributed by atoms with Gasteiger partial charge in [-0.15, -0.1) is 0 Å². The first-order chi connectivity index (χ1) is 17.1. The first-order valence-corrected chi connectivity index (χ1v) is 10.6. The summed E-state index contributed by atoms with van der Waals surface area (Å²) in [6.45, 7) is 0. The Kier molecular flexibility index (Phi) is 6.73. The van der Waals surface area contributed by atoms with Gasteiger partial charge in [0.15, 0.2) is 0 Å². The summed E-state index contributed by atoms with van der Waals surface area (Å²) in [4.78, 5) is 29.0. The van der Waals surface area contributed by atoms with Gasteiger partial charge >= 0.3 is 12.1 Å². The number of carboxylic acids is 1. The summed E-state index contributed by atoms with van der Waals surface area (Å²) in [5.74, 6) is -2.62. The number of amides is 1. The van der Waals surface area contributed by atoms with Gasteiger partial charge in [0, 0.05) is 23.7 Å². The quantitative estimate of drug-likeness (QED) is 0.332. The molecule has 0 aliphatic heterocycles. The van der Waals surface area contributed by atoms with Crippen LogP contribution in [0.3, 0.4) is 0 Å². The number of fused-ring (bicyclic) bond motifs is 1. The zero-order chi connectivity index (χ0) is 26.0. The van der Waals surface area contributed by atoms with Crippen LogP contribution in [0.5, 0.6) is 0 Å². The highest BCUT2D eigenvalue weighted by Gasteiger charge is 2.35. The fraction of sp³-hybridized carbons (Fsp3) is 0.160. The molecule has 0 bridgehead atoms. The molecule has 0 fully saturated rings. The van der Waals surface area contributed by atoms with Gasteiger partial charge in [-0.25, -0.2) is 18.6 Å². The van der Waals surface area contributed by atoms with Gasteiger partial charge in [-0.1, -0.05) is 48.5 Å². The van der Waals surface area contributed by atoms with E-state index >= 15 is 0 Å². The molecule has 2 N–H and O–H groups in total. The summed E-state index contributed by atoms with van der Waals surface area (Å²) >= 11 is 0. The van der Waals surface area contributed by atoms with Gasteiger partial charge in [0.05, 0.1) is 16.8 Å². The molecule has 1 unspecified atom stereocenters. The van der Waals surface area contributed by atoms with E-state index in [2.05, 4.69) is 10.3 Å². The second-order valence-electron chi connectivity index (χ2n) is 7.89. The van der Waals surface area contributed by atoms with Gasteiger partial charge in [0.25, 0.3) is 12.3 Å². The molecule has 2 aromatic carbocycles. The van der Waals surface area contributed by atoms with E-state index in [-0.39, 0.29) is 34.6 Å². The number of aromatic nitrogens is 2. The van der Waals surface area contributed by atoms with Crippen LogP contribution >= 0.6 is 0 Å². The van der Waals surface area contributed by atoms with Crippen molar-refractivity contribution < 1.29 is 36.6 Å². The Morgan fingerprint density at radius 2 is 1.64 bits per heavy atom. The zero-order valence-corrected chi connectivity index (χ0v) is 18.3. The van der Waals surface area contributed by atoms with E-state index in [1.54, 1.807) is 12.1 Å². The lowest BCUT2D eigenvalue weighted by Crippen LogP contribution is -2.43. The molecular formula is C25H18F5N3O3. The molecule has 2 heterocycles. The lowest BCUT2D eigenvalue weighted by molar-refractivity contribution is -0.139. The number of rotatable bonds is 7. The fourth-order valence-electron chi connectivity index (χ4n) is 3.79. The predicted molar refractivity (Wildman–Crippen MR) is 120 cm³/mol. The summed E-state index contributed by atoms with van der Waals surface area (Å²) in [6.07, 6.45) is -6.13. The van der Waals surface area contributed by atoms with Crippen molar-refractivity contribution in [2.75, 3.05) is 0 Å². The number of carbonyl (C=O) groups is 2. The average molecular weight is 503 g/mol. The Hall–Kier alpha value is -4.28. The molecule has 0 radical (unpaired) electrons. The first kappa shape index (κ1) is 24.8. The molecule has 0 aliphatic carbocycles. The third kappa shape index (κ3) is 5.04. The number of hydrogen-bond acceptors (Lipinski definition) is 3. The van der Waals surface area contributed by atoms with Crippen molar-refractivity contribution in [2.24, 2.45) is 0 Å². The highest BCUT2D eigenvalue weighted by atomic mass is 19.4. The highest BCUT2D eigenvalue weighted by Crippen LogP contribution is 2.38. The highest BCUT2D eigenvalue weighted by molar-refractivity contribution is 5.97. The number of carboxylic acid groups (broad SMARTS) is 1. The Morgan fingerprint density at radius 3 is 2.28 bits per heavy atom. The van der Waals surface area contributed by atoms with Crippen LogP contribution in [0.25, 0.3) is 16.8 Å². The van der Waals surface area contributed by atoms with E-state index in [4.69, 9.17) is 0 Å². The monoisotopic (exact) mass is 503 g/mol. The van der Waals surface area contributed by atoms with Crippen molar-refractivity contribution in [3.05, 3.63) is 95.4 Å². The van der Waals surface area contributed by atoms with Crippen molar-refractivity contribution in [3.8, 4) is 11.3 Å². The minimum atomic E-state index is -4.67. The van der Waals surface area contributed by atoms with Crippen molar-refractivity contribution in [3.63, 3.8) is 0 Å². The van der Waals surface area contributed by atoms with Gasteiger partial charge < -0.3 is 10.4 Å². The molecule has 11 heteroatoms. The normalized spacial score (nSPS) is 12.6. The second-order valence-corrected chi connectivity index (χ2v) is 7.89. The minimum absolute atomic E-state index is 0.0943. The molecule has 0 aliphatic rings. The number of alkyl halides is 5. The summed E-state index contributed by atoms with van der Waals surface area (Å²) in [5.41, 5.74) is -0.889. The maximum Gasteiger partial charge on any atom is 0.417 e. The molecule has 186 valence electrons. The third-order valence-electron chi connectivity index (χ3n) is 5.51. The lowest BCUT2D eigenvalue weighted by Gasteiger charge is -2.14. The number of nitrogens with zero attached hydrogens (tertiary/aromatic N) is 2. The molecule has 6 nitrogen and oxygen atoms in total. The van der Waals surface area contributed by atoms with Gasteiger partial charge in [-0.2, -0.15) is 13.2 Å². The summed E-state index contributed by atoms with van der Waals surface area (Å²) < 4.78 is 67.7. The molecular weight excluding hydrogens is 485 g/mol. The van der Waals surface area contributed by atoms with E-state index in [9.17, 15) is 36.6 Å². The number of pyridine rings is 1. The van der Waals surface area contributed by atoms with Crippen LogP contribution < -0.4 is 5.32 Å². The molecule has 4 aromatic rings. The predicted octanol–water partition coefficient (Wildman–Crippen LogP) is 5.38. The number of benzene rings is 2. The van der Waals surface area contributed by atoms with Crippen molar-refractivity contribution in [2.45, 2.75) is 25.1 Å². The second kappa shape index (κ2) is 9.76. The number of hydrogen-bond donors (Lipinski definition) is 2. The average Bonchev–Trinajstić information content (AvgIpc) is 3.23. The SMILES string of the molecule is O=C(NC(Cc1ccc(C(F)F)cc1)C(=O)O)c1nc(-c2ccccc2C(F)(F)F)c2ccccn12. The topological polar surface area (TPSA) is 83.7 Å². The van der Waals surface area contributed by atoms with Gasteiger partial charge in [0.2, 0.25) is 5.82 Å². The van der Waals surface area contributed by atoms with Crippen LogP contribution in [0.1, 0.15) is 33.7 Å². The van der Waals surface area contributed by atoms with E-state index in [0.717, 1.165) is 18.2 Å². The van der Waals surface area contributed by atoms with Gasteiger partial charge in [0.1, 0.15) is 6.04 Å². The minimum Gasteiger partial charge on any atom is -0.480 e. The maximum absolute atomic E-state index is 13.6. The van der Waals surface area contributed by atoms with Crippen molar-refractivity contribution in [1.82, 2.24) is 14.7 Å². The van der Waals surface area contributed by atoms with E-state index in [1.807, 2.05) is 0 Å². The lowest BCUT2D eigenvalue weighted by atomic mass is 10.0. The number of aliphatic carboxylic acids is 1. The maximum atomic E-state index is 13.6. The van der Waals surface area contributed by atoms with Gasteiger partial charge in [-0.3, -0.25) is 9.20 Å². The largest absolute Gasteiger partial charge is 0.480 e. The molecule has 2 aromatic heterocycles. The molecule has 1 atom stereocenters. The smallest absolute Gasteiger partial charge is 0.417 e. The number of imidazole rings is 1. The van der Waals surface area contributed by atoms with Crippen LogP contribution in [0.2, 0.25) is 0 Å².